The Bertz CT molecular complexity index is 479. The lowest BCUT2D eigenvalue weighted by atomic mass is 10.0. The molecule has 0 aliphatic heterocycles. The molecule has 0 bridgehead atoms. The van der Waals surface area contributed by atoms with Gasteiger partial charge in [-0.2, -0.15) is 0 Å². The highest BCUT2D eigenvalue weighted by atomic mass is 16.2. The molecular formula is C35H69N2O2. The minimum absolute atomic E-state index is 0.0381. The highest BCUT2D eigenvalue weighted by molar-refractivity contribution is 5.80. The van der Waals surface area contributed by atoms with E-state index in [1.54, 1.807) is 0 Å². The Kier molecular flexibility index (Phi) is 30.6. The van der Waals surface area contributed by atoms with E-state index in [2.05, 4.69) is 24.5 Å². The third kappa shape index (κ3) is 29.7. The molecule has 2 N–H and O–H groups in total. The van der Waals surface area contributed by atoms with E-state index in [0.29, 0.717) is 25.4 Å². The quantitative estimate of drug-likeness (QED) is 0.0845. The molecule has 0 rings (SSSR count). The van der Waals surface area contributed by atoms with Gasteiger partial charge < -0.3 is 10.6 Å². The minimum atomic E-state index is 0.0381. The van der Waals surface area contributed by atoms with E-state index < -0.39 is 0 Å². The van der Waals surface area contributed by atoms with Crippen LogP contribution < -0.4 is 10.6 Å². The van der Waals surface area contributed by atoms with Crippen LogP contribution in [-0.2, 0) is 9.59 Å². The first kappa shape index (κ1) is 37.9. The summed E-state index contributed by atoms with van der Waals surface area (Å²) in [4.78, 5) is 24.6. The maximum Gasteiger partial charge on any atom is 0.221 e. The third-order valence-corrected chi connectivity index (χ3v) is 7.95. The summed E-state index contributed by atoms with van der Waals surface area (Å²) >= 11 is 0. The second-order valence-electron chi connectivity index (χ2n) is 11.9. The Labute approximate surface area is 245 Å². The Morgan fingerprint density at radius 2 is 0.590 bits per heavy atom. The van der Waals surface area contributed by atoms with E-state index in [-0.39, 0.29) is 11.8 Å². The molecule has 2 amide bonds. The third-order valence-electron chi connectivity index (χ3n) is 7.95. The zero-order chi connectivity index (χ0) is 28.7. The van der Waals surface area contributed by atoms with E-state index in [0.717, 1.165) is 25.7 Å². The number of nitrogens with one attached hydrogen (secondary N) is 2. The van der Waals surface area contributed by atoms with Gasteiger partial charge in [-0.05, 0) is 19.3 Å². The number of hydrogen-bond donors (Lipinski definition) is 2. The monoisotopic (exact) mass is 550 g/mol. The SMILES string of the molecule is CCCCCCCCCCCCCCCC(=O)N[C](CC)NC(=O)CCCCCCCCCCCCCCC. The predicted molar refractivity (Wildman–Crippen MR) is 170 cm³/mol. The predicted octanol–water partition coefficient (Wildman–Crippen LogP) is 11.1. The van der Waals surface area contributed by atoms with Crippen LogP contribution in [-0.4, -0.2) is 11.8 Å². The second-order valence-corrected chi connectivity index (χ2v) is 11.9. The fourth-order valence-electron chi connectivity index (χ4n) is 5.28. The molecule has 0 aliphatic rings. The van der Waals surface area contributed by atoms with Crippen LogP contribution in [0.25, 0.3) is 0 Å². The number of rotatable bonds is 31. The van der Waals surface area contributed by atoms with Crippen molar-refractivity contribution < 1.29 is 9.59 Å². The van der Waals surface area contributed by atoms with E-state index in [9.17, 15) is 9.59 Å². The molecule has 4 nitrogen and oxygen atoms in total. The second kappa shape index (κ2) is 31.5. The van der Waals surface area contributed by atoms with Gasteiger partial charge in [0.2, 0.25) is 11.8 Å². The van der Waals surface area contributed by atoms with Gasteiger partial charge in [0.1, 0.15) is 0 Å². The number of carbonyl (C=O) groups excluding carboxylic acids is 2. The fraction of sp³-hybridized carbons (Fsp3) is 0.914. The van der Waals surface area contributed by atoms with Crippen molar-refractivity contribution in [3.63, 3.8) is 0 Å². The topological polar surface area (TPSA) is 58.2 Å². The summed E-state index contributed by atoms with van der Waals surface area (Å²) in [7, 11) is 0. The largest absolute Gasteiger partial charge is 0.330 e. The molecule has 231 valence electrons. The first-order chi connectivity index (χ1) is 19.1. The van der Waals surface area contributed by atoms with Crippen LogP contribution >= 0.6 is 0 Å². The van der Waals surface area contributed by atoms with Crippen molar-refractivity contribution in [2.45, 2.75) is 207 Å². The zero-order valence-electron chi connectivity index (χ0n) is 26.8. The van der Waals surface area contributed by atoms with Crippen LogP contribution in [0.1, 0.15) is 207 Å². The molecule has 0 fully saturated rings. The van der Waals surface area contributed by atoms with Crippen LogP contribution in [0, 0.1) is 6.17 Å². The zero-order valence-corrected chi connectivity index (χ0v) is 26.8. The maximum atomic E-state index is 12.3. The summed E-state index contributed by atoms with van der Waals surface area (Å²) in [5.74, 6) is 0.0763. The highest BCUT2D eigenvalue weighted by Gasteiger charge is 2.14. The normalized spacial score (nSPS) is 11.3. The summed E-state index contributed by atoms with van der Waals surface area (Å²) in [5, 5.41) is 5.87. The van der Waals surface area contributed by atoms with Crippen molar-refractivity contribution in [1.29, 1.82) is 0 Å². The van der Waals surface area contributed by atoms with Gasteiger partial charge in [0, 0.05) is 12.8 Å². The van der Waals surface area contributed by atoms with E-state index in [1.165, 1.54) is 141 Å². The molecule has 0 spiro atoms. The molecule has 0 aromatic carbocycles. The lowest BCUT2D eigenvalue weighted by Crippen LogP contribution is -2.40. The molecule has 4 heteroatoms. The molecule has 1 radical (unpaired) electrons. The Morgan fingerprint density at radius 3 is 0.821 bits per heavy atom. The summed E-state index contributed by atoms with van der Waals surface area (Å²) in [6.45, 7) is 6.52. The lowest BCUT2D eigenvalue weighted by molar-refractivity contribution is -0.122. The van der Waals surface area contributed by atoms with Gasteiger partial charge >= 0.3 is 0 Å². The number of amides is 2. The summed E-state index contributed by atoms with van der Waals surface area (Å²) in [6.07, 6.45) is 36.4. The van der Waals surface area contributed by atoms with Gasteiger partial charge in [-0.15, -0.1) is 0 Å². The molecule has 0 heterocycles. The maximum absolute atomic E-state index is 12.3. The Balaban J connectivity index is 3.54. The fourth-order valence-corrected chi connectivity index (χ4v) is 5.28. The molecule has 0 aromatic rings. The van der Waals surface area contributed by atoms with Crippen molar-refractivity contribution in [1.82, 2.24) is 10.6 Å². The molecule has 0 saturated carbocycles. The van der Waals surface area contributed by atoms with Gasteiger partial charge in [-0.3, -0.25) is 9.59 Å². The number of unbranched alkanes of at least 4 members (excludes halogenated alkanes) is 24. The van der Waals surface area contributed by atoms with Crippen LogP contribution in [0.3, 0.4) is 0 Å². The molecule has 0 saturated heterocycles. The number of carbonyl (C=O) groups is 2. The van der Waals surface area contributed by atoms with Crippen molar-refractivity contribution >= 4 is 11.8 Å². The van der Waals surface area contributed by atoms with Crippen LogP contribution in [0.15, 0.2) is 0 Å². The van der Waals surface area contributed by atoms with Crippen molar-refractivity contribution in [2.75, 3.05) is 0 Å². The molecule has 0 unspecified atom stereocenters. The molecule has 39 heavy (non-hydrogen) atoms. The van der Waals surface area contributed by atoms with Crippen molar-refractivity contribution in [2.24, 2.45) is 0 Å². The molecular weight excluding hydrogens is 480 g/mol. The standard InChI is InChI=1S/C35H69N2O2/c1-4-7-9-11-13-15-17-19-21-23-25-27-29-31-34(38)36-33(6-3)37-35(39)32-30-28-26-24-22-20-18-16-14-12-10-8-5-2/h4-32H2,1-3H3,(H,36,38)(H,37,39). The summed E-state index contributed by atoms with van der Waals surface area (Å²) < 4.78 is 0. The molecule has 0 atom stereocenters. The van der Waals surface area contributed by atoms with Gasteiger partial charge in [-0.25, -0.2) is 0 Å². The number of hydrogen-bond acceptors (Lipinski definition) is 2. The summed E-state index contributed by atoms with van der Waals surface area (Å²) in [5.41, 5.74) is 0. The van der Waals surface area contributed by atoms with Crippen LogP contribution in [0.2, 0.25) is 0 Å². The van der Waals surface area contributed by atoms with Crippen molar-refractivity contribution in [3.05, 3.63) is 6.17 Å². The Hall–Kier alpha value is -1.06. The smallest absolute Gasteiger partial charge is 0.221 e. The van der Waals surface area contributed by atoms with Gasteiger partial charge in [0.15, 0.2) is 6.17 Å². The van der Waals surface area contributed by atoms with Crippen LogP contribution in [0.4, 0.5) is 0 Å². The van der Waals surface area contributed by atoms with Gasteiger partial charge in [-0.1, -0.05) is 175 Å². The first-order valence-corrected chi connectivity index (χ1v) is 17.6. The van der Waals surface area contributed by atoms with Crippen LogP contribution in [0.5, 0.6) is 0 Å². The van der Waals surface area contributed by atoms with Crippen molar-refractivity contribution in [3.8, 4) is 0 Å². The first-order valence-electron chi connectivity index (χ1n) is 17.6. The van der Waals surface area contributed by atoms with Gasteiger partial charge in [0.05, 0.1) is 0 Å². The lowest BCUT2D eigenvalue weighted by Gasteiger charge is -2.17. The highest BCUT2D eigenvalue weighted by Crippen LogP contribution is 2.14. The van der Waals surface area contributed by atoms with E-state index in [4.69, 9.17) is 0 Å². The Morgan fingerprint density at radius 1 is 0.359 bits per heavy atom. The van der Waals surface area contributed by atoms with Gasteiger partial charge in [0.25, 0.3) is 0 Å². The molecule has 0 aromatic heterocycles. The minimum Gasteiger partial charge on any atom is -0.330 e. The van der Waals surface area contributed by atoms with E-state index >= 15 is 0 Å². The average molecular weight is 550 g/mol. The average Bonchev–Trinajstić information content (AvgIpc) is 2.93. The molecule has 0 aliphatic carbocycles. The van der Waals surface area contributed by atoms with E-state index in [1.807, 2.05) is 6.92 Å². The summed E-state index contributed by atoms with van der Waals surface area (Å²) in [6, 6.07) is 0.